The number of carbonyl (C=O) groups excluding carboxylic acids is 2. The predicted octanol–water partition coefficient (Wildman–Crippen LogP) is 5.63. The lowest BCUT2D eigenvalue weighted by Crippen LogP contribution is -2.39. The molecule has 0 bridgehead atoms. The Morgan fingerprint density at radius 2 is 1.55 bits per heavy atom. The highest BCUT2D eigenvalue weighted by atomic mass is 19.4. The van der Waals surface area contributed by atoms with Gasteiger partial charge in [0.15, 0.2) is 6.29 Å². The summed E-state index contributed by atoms with van der Waals surface area (Å²) in [6, 6.07) is 4.52. The predicted molar refractivity (Wildman–Crippen MR) is 157 cm³/mol. The molecule has 258 valence electrons. The fourth-order valence-electron chi connectivity index (χ4n) is 3.93. The number of aromatic nitrogens is 2. The third kappa shape index (κ3) is 10.8. The number of nitro groups is 1. The van der Waals surface area contributed by atoms with Crippen molar-refractivity contribution in [3.8, 4) is 5.69 Å². The maximum Gasteiger partial charge on any atom is 0.418 e. The van der Waals surface area contributed by atoms with E-state index in [4.69, 9.17) is 9.47 Å². The summed E-state index contributed by atoms with van der Waals surface area (Å²) in [7, 11) is 2.80. The number of likely N-dealkylation sites (N-methyl/N-ethyl adjacent to an activating group) is 1. The first-order valence-corrected chi connectivity index (χ1v) is 13.6. The molecule has 3 rings (SSSR count). The molecule has 0 aliphatic carbocycles. The fraction of sp³-hybridized carbons (Fsp3) is 0.393. The number of nitro benzene ring substituents is 1. The largest absolute Gasteiger partial charge is 0.418 e. The molecule has 0 aliphatic heterocycles. The van der Waals surface area contributed by atoms with Crippen LogP contribution in [0.5, 0.6) is 0 Å². The lowest BCUT2D eigenvalue weighted by atomic mass is 10.1. The summed E-state index contributed by atoms with van der Waals surface area (Å²) in [5.74, 6) is -0.479. The van der Waals surface area contributed by atoms with Crippen LogP contribution in [0.1, 0.15) is 31.9 Å². The number of ether oxygens (including phenoxy) is 2. The zero-order valence-corrected chi connectivity index (χ0v) is 25.7. The number of benzene rings is 2. The van der Waals surface area contributed by atoms with E-state index in [0.717, 1.165) is 33.7 Å². The van der Waals surface area contributed by atoms with E-state index < -0.39 is 63.7 Å². The third-order valence-corrected chi connectivity index (χ3v) is 6.06. The van der Waals surface area contributed by atoms with Crippen molar-refractivity contribution in [3.05, 3.63) is 80.5 Å². The van der Waals surface area contributed by atoms with Gasteiger partial charge in [0.25, 0.3) is 5.69 Å². The van der Waals surface area contributed by atoms with Crippen LogP contribution in [0.3, 0.4) is 0 Å². The normalized spacial score (nSPS) is 11.5. The second-order valence-electron chi connectivity index (χ2n) is 9.61. The zero-order chi connectivity index (χ0) is 35.7. The minimum absolute atomic E-state index is 0.0121. The average Bonchev–Trinajstić information content (AvgIpc) is 3.29. The number of aryl methyl sites for hydroxylation is 1. The maximum atomic E-state index is 13.2. The average molecular weight is 679 g/mol. The van der Waals surface area contributed by atoms with Crippen LogP contribution in [0.25, 0.3) is 5.69 Å². The SMILES string of the molecule is CC(=O)Nc1ccc(-n2ccn(C)c2=O)c(C(F)(F)F)c1.CCOC(CN(C)C(=O)Nc1ccc([N+](=O)[O-])cc1C(F)(F)F)OCC. The molecular weight excluding hydrogens is 646 g/mol. The summed E-state index contributed by atoms with van der Waals surface area (Å²) in [4.78, 5) is 45.7. The highest BCUT2D eigenvalue weighted by Gasteiger charge is 2.36. The first kappa shape index (κ1) is 38.3. The van der Waals surface area contributed by atoms with Gasteiger partial charge in [-0.3, -0.25) is 19.5 Å². The van der Waals surface area contributed by atoms with Crippen LogP contribution in [-0.2, 0) is 33.7 Å². The fourth-order valence-corrected chi connectivity index (χ4v) is 3.93. The second-order valence-corrected chi connectivity index (χ2v) is 9.61. The molecule has 13 nitrogen and oxygen atoms in total. The number of non-ortho nitro benzene ring substituents is 1. The molecule has 0 saturated carbocycles. The molecule has 2 aromatic carbocycles. The topological polar surface area (TPSA) is 150 Å². The number of nitrogens with one attached hydrogen (secondary N) is 2. The molecule has 2 N–H and O–H groups in total. The highest BCUT2D eigenvalue weighted by molar-refractivity contribution is 5.90. The number of amides is 3. The number of hydrogen-bond acceptors (Lipinski definition) is 7. The molecule has 0 saturated heterocycles. The van der Waals surface area contributed by atoms with E-state index in [9.17, 15) is 50.8 Å². The Morgan fingerprint density at radius 3 is 2.02 bits per heavy atom. The van der Waals surface area contributed by atoms with E-state index in [1.54, 1.807) is 13.8 Å². The number of hydrogen-bond donors (Lipinski definition) is 2. The van der Waals surface area contributed by atoms with Crippen LogP contribution >= 0.6 is 0 Å². The molecule has 0 atom stereocenters. The van der Waals surface area contributed by atoms with Crippen LogP contribution in [-0.4, -0.2) is 64.0 Å². The van der Waals surface area contributed by atoms with Gasteiger partial charge in [-0.25, -0.2) is 9.59 Å². The van der Waals surface area contributed by atoms with E-state index in [1.165, 1.54) is 44.0 Å². The number of anilines is 2. The molecule has 1 heterocycles. The van der Waals surface area contributed by atoms with Crippen LogP contribution in [0.2, 0.25) is 0 Å². The standard InChI is InChI=1S/C15H20F3N3O5.C13H12F3N3O2/c1-4-25-13(26-5-2)9-20(3)14(22)19-12-7-6-10(21(23)24)8-11(12)15(16,17)18;1-8(20)17-9-3-4-11(10(7-9)13(14,15)16)19-6-5-18(2)12(19)21/h6-8,13H,4-5,9H2,1-3H3,(H,19,22);3-7H,1-2H3,(H,17,20). The minimum Gasteiger partial charge on any atom is -0.351 e. The van der Waals surface area contributed by atoms with Crippen molar-refractivity contribution in [1.29, 1.82) is 0 Å². The maximum absolute atomic E-state index is 13.2. The first-order chi connectivity index (χ1) is 21.8. The highest BCUT2D eigenvalue weighted by Crippen LogP contribution is 2.37. The molecule has 0 fully saturated rings. The van der Waals surface area contributed by atoms with Crippen LogP contribution in [0.15, 0.2) is 53.6 Å². The van der Waals surface area contributed by atoms with Crippen molar-refractivity contribution >= 4 is 29.0 Å². The van der Waals surface area contributed by atoms with Crippen molar-refractivity contribution in [2.45, 2.75) is 39.4 Å². The van der Waals surface area contributed by atoms with Crippen molar-refractivity contribution in [2.75, 3.05) is 37.4 Å². The van der Waals surface area contributed by atoms with Crippen LogP contribution in [0, 0.1) is 10.1 Å². The number of carbonyl (C=O) groups is 2. The summed E-state index contributed by atoms with van der Waals surface area (Å²) in [6.45, 7) is 5.32. The summed E-state index contributed by atoms with van der Waals surface area (Å²) in [5.41, 5.74) is -4.47. The molecular formula is C28H32F6N6O7. The van der Waals surface area contributed by atoms with E-state index in [1.807, 2.05) is 0 Å². The van der Waals surface area contributed by atoms with E-state index in [-0.39, 0.29) is 17.9 Å². The summed E-state index contributed by atoms with van der Waals surface area (Å²) >= 11 is 0. The van der Waals surface area contributed by atoms with E-state index in [2.05, 4.69) is 10.6 Å². The number of alkyl halides is 6. The van der Waals surface area contributed by atoms with Gasteiger partial charge in [0.05, 0.1) is 34.0 Å². The van der Waals surface area contributed by atoms with Crippen LogP contribution < -0.4 is 16.3 Å². The summed E-state index contributed by atoms with van der Waals surface area (Å²) in [6.07, 6.45) is -7.62. The number of halogens is 6. The van der Waals surface area contributed by atoms with Crippen molar-refractivity contribution in [2.24, 2.45) is 7.05 Å². The first-order valence-electron chi connectivity index (χ1n) is 13.6. The zero-order valence-electron chi connectivity index (χ0n) is 25.7. The smallest absolute Gasteiger partial charge is 0.351 e. The Balaban J connectivity index is 0.000000333. The Morgan fingerprint density at radius 1 is 0.957 bits per heavy atom. The van der Waals surface area contributed by atoms with Gasteiger partial charge in [0.1, 0.15) is 0 Å². The minimum atomic E-state index is -4.87. The Bertz CT molecular complexity index is 1610. The molecule has 3 aromatic rings. The van der Waals surface area contributed by atoms with E-state index >= 15 is 0 Å². The lowest BCUT2D eigenvalue weighted by molar-refractivity contribution is -0.385. The number of nitrogens with zero attached hydrogens (tertiary/aromatic N) is 4. The molecule has 1 aromatic heterocycles. The van der Waals surface area contributed by atoms with Crippen molar-refractivity contribution in [1.82, 2.24) is 14.0 Å². The van der Waals surface area contributed by atoms with Gasteiger partial charge < -0.3 is 29.6 Å². The summed E-state index contributed by atoms with van der Waals surface area (Å²) in [5, 5.41) is 15.1. The Hall–Kier alpha value is -4.91. The Labute approximate surface area is 263 Å². The number of urea groups is 1. The van der Waals surface area contributed by atoms with Crippen LogP contribution in [0.4, 0.5) is 48.2 Å². The monoisotopic (exact) mass is 678 g/mol. The van der Waals surface area contributed by atoms with E-state index in [0.29, 0.717) is 19.3 Å². The van der Waals surface area contributed by atoms with Crippen molar-refractivity contribution in [3.63, 3.8) is 0 Å². The van der Waals surface area contributed by atoms with Crippen molar-refractivity contribution < 1.29 is 50.3 Å². The van der Waals surface area contributed by atoms with Gasteiger partial charge in [0, 0.05) is 64.4 Å². The van der Waals surface area contributed by atoms with Gasteiger partial charge in [-0.15, -0.1) is 0 Å². The Kier molecular flexibility index (Phi) is 13.1. The second kappa shape index (κ2) is 16.1. The molecule has 0 spiro atoms. The summed E-state index contributed by atoms with van der Waals surface area (Å²) < 4.78 is 91.5. The number of imidazole rings is 1. The molecule has 19 heteroatoms. The molecule has 47 heavy (non-hydrogen) atoms. The molecule has 0 aliphatic rings. The molecule has 0 unspecified atom stereocenters. The van der Waals surface area contributed by atoms with Gasteiger partial charge in [-0.2, -0.15) is 26.3 Å². The van der Waals surface area contributed by atoms with Gasteiger partial charge in [0.2, 0.25) is 5.91 Å². The van der Waals surface area contributed by atoms with Gasteiger partial charge in [-0.05, 0) is 38.1 Å². The quantitative estimate of drug-likeness (QED) is 0.122. The lowest BCUT2D eigenvalue weighted by Gasteiger charge is -2.24. The van der Waals surface area contributed by atoms with Gasteiger partial charge in [-0.1, -0.05) is 0 Å². The number of rotatable bonds is 10. The van der Waals surface area contributed by atoms with Gasteiger partial charge >= 0.3 is 24.1 Å². The molecule has 0 radical (unpaired) electrons. The molecule has 3 amide bonds. The third-order valence-electron chi connectivity index (χ3n) is 6.06.